The summed E-state index contributed by atoms with van der Waals surface area (Å²) in [5.74, 6) is -0.0986. The fraction of sp³-hybridized carbons (Fsp3) is 0.231. The SMILES string of the molecule is COc1ccc(-c2c(CC(=O)O)cnn2C)cc1. The van der Waals surface area contributed by atoms with Gasteiger partial charge in [-0.1, -0.05) is 0 Å². The summed E-state index contributed by atoms with van der Waals surface area (Å²) in [6, 6.07) is 7.46. The van der Waals surface area contributed by atoms with E-state index in [-0.39, 0.29) is 6.42 Å². The number of aromatic nitrogens is 2. The molecule has 1 aromatic carbocycles. The van der Waals surface area contributed by atoms with Gasteiger partial charge in [-0.25, -0.2) is 0 Å². The van der Waals surface area contributed by atoms with Gasteiger partial charge in [-0.2, -0.15) is 5.10 Å². The number of hydrogen-bond donors (Lipinski definition) is 1. The van der Waals surface area contributed by atoms with Crippen LogP contribution in [-0.4, -0.2) is 28.0 Å². The fourth-order valence-electron chi connectivity index (χ4n) is 1.90. The Morgan fingerprint density at radius 1 is 1.39 bits per heavy atom. The summed E-state index contributed by atoms with van der Waals surface area (Å²) in [7, 11) is 3.40. The summed E-state index contributed by atoms with van der Waals surface area (Å²) in [6.45, 7) is 0. The number of aryl methyl sites for hydroxylation is 1. The van der Waals surface area contributed by atoms with Gasteiger partial charge in [0.15, 0.2) is 0 Å². The normalized spacial score (nSPS) is 10.3. The Morgan fingerprint density at radius 2 is 2.06 bits per heavy atom. The Hall–Kier alpha value is -2.30. The molecule has 0 unspecified atom stereocenters. The Kier molecular flexibility index (Phi) is 3.32. The third-order valence-electron chi connectivity index (χ3n) is 2.72. The molecule has 0 aliphatic carbocycles. The van der Waals surface area contributed by atoms with E-state index in [0.717, 1.165) is 17.0 Å². The molecule has 0 bridgehead atoms. The van der Waals surface area contributed by atoms with Crippen molar-refractivity contribution < 1.29 is 14.6 Å². The van der Waals surface area contributed by atoms with E-state index in [1.54, 1.807) is 25.0 Å². The second-order valence-corrected chi connectivity index (χ2v) is 3.94. The molecule has 0 spiro atoms. The molecule has 0 amide bonds. The molecule has 18 heavy (non-hydrogen) atoms. The largest absolute Gasteiger partial charge is 0.497 e. The lowest BCUT2D eigenvalue weighted by atomic mass is 10.1. The lowest BCUT2D eigenvalue weighted by Gasteiger charge is -2.06. The van der Waals surface area contributed by atoms with E-state index in [2.05, 4.69) is 5.10 Å². The highest BCUT2D eigenvalue weighted by Crippen LogP contribution is 2.25. The number of benzene rings is 1. The van der Waals surface area contributed by atoms with Gasteiger partial charge in [0.1, 0.15) is 5.75 Å². The minimum atomic E-state index is -0.863. The highest BCUT2D eigenvalue weighted by molar-refractivity contribution is 5.75. The van der Waals surface area contributed by atoms with Crippen molar-refractivity contribution in [2.24, 2.45) is 7.05 Å². The smallest absolute Gasteiger partial charge is 0.307 e. The molecule has 0 aliphatic heterocycles. The predicted molar refractivity (Wildman–Crippen MR) is 66.5 cm³/mol. The Balaban J connectivity index is 2.42. The first-order valence-electron chi connectivity index (χ1n) is 5.49. The van der Waals surface area contributed by atoms with Crippen LogP contribution < -0.4 is 4.74 Å². The van der Waals surface area contributed by atoms with Crippen molar-refractivity contribution in [3.05, 3.63) is 36.0 Å². The van der Waals surface area contributed by atoms with Gasteiger partial charge in [-0.3, -0.25) is 9.48 Å². The minimum Gasteiger partial charge on any atom is -0.497 e. The first-order valence-corrected chi connectivity index (χ1v) is 5.49. The molecule has 0 radical (unpaired) electrons. The molecule has 2 rings (SSSR count). The summed E-state index contributed by atoms with van der Waals surface area (Å²) in [5.41, 5.74) is 2.45. The number of ether oxygens (including phenoxy) is 1. The van der Waals surface area contributed by atoms with Crippen LogP contribution in [0.15, 0.2) is 30.5 Å². The van der Waals surface area contributed by atoms with Crippen LogP contribution in [-0.2, 0) is 18.3 Å². The molecule has 0 atom stereocenters. The molecule has 0 saturated carbocycles. The summed E-state index contributed by atoms with van der Waals surface area (Å²) in [6.07, 6.45) is 1.56. The van der Waals surface area contributed by atoms with E-state index in [9.17, 15) is 4.79 Å². The lowest BCUT2D eigenvalue weighted by Crippen LogP contribution is -2.02. The van der Waals surface area contributed by atoms with Crippen molar-refractivity contribution in [2.75, 3.05) is 7.11 Å². The van der Waals surface area contributed by atoms with Crippen molar-refractivity contribution >= 4 is 5.97 Å². The van der Waals surface area contributed by atoms with Crippen LogP contribution in [0, 0.1) is 0 Å². The van der Waals surface area contributed by atoms with Crippen molar-refractivity contribution in [2.45, 2.75) is 6.42 Å². The van der Waals surface area contributed by atoms with Gasteiger partial charge in [-0.05, 0) is 24.3 Å². The van der Waals surface area contributed by atoms with E-state index >= 15 is 0 Å². The van der Waals surface area contributed by atoms with Crippen LogP contribution in [0.1, 0.15) is 5.56 Å². The summed E-state index contributed by atoms with van der Waals surface area (Å²) < 4.78 is 6.78. The third-order valence-corrected chi connectivity index (χ3v) is 2.72. The van der Waals surface area contributed by atoms with Gasteiger partial charge in [0, 0.05) is 18.2 Å². The van der Waals surface area contributed by atoms with E-state index in [4.69, 9.17) is 9.84 Å². The highest BCUT2D eigenvalue weighted by Gasteiger charge is 2.13. The molecule has 1 aromatic heterocycles. The maximum atomic E-state index is 10.8. The van der Waals surface area contributed by atoms with Gasteiger partial charge < -0.3 is 9.84 Å². The zero-order chi connectivity index (χ0) is 13.1. The number of nitrogens with zero attached hydrogens (tertiary/aromatic N) is 2. The molecule has 5 heteroatoms. The van der Waals surface area contributed by atoms with Gasteiger partial charge >= 0.3 is 5.97 Å². The summed E-state index contributed by atoms with van der Waals surface area (Å²) in [4.78, 5) is 10.8. The van der Waals surface area contributed by atoms with E-state index < -0.39 is 5.97 Å². The second-order valence-electron chi connectivity index (χ2n) is 3.94. The number of aliphatic carboxylic acids is 1. The zero-order valence-electron chi connectivity index (χ0n) is 10.3. The topological polar surface area (TPSA) is 64.3 Å². The average molecular weight is 246 g/mol. The minimum absolute atomic E-state index is 0.0325. The average Bonchev–Trinajstić information content (AvgIpc) is 2.70. The van der Waals surface area contributed by atoms with Gasteiger partial charge in [0.05, 0.1) is 25.4 Å². The van der Waals surface area contributed by atoms with Crippen LogP contribution in [0.25, 0.3) is 11.3 Å². The van der Waals surface area contributed by atoms with Gasteiger partial charge in [0.2, 0.25) is 0 Å². The van der Waals surface area contributed by atoms with Crippen molar-refractivity contribution in [3.8, 4) is 17.0 Å². The third kappa shape index (κ3) is 2.34. The van der Waals surface area contributed by atoms with Crippen molar-refractivity contribution in [3.63, 3.8) is 0 Å². The lowest BCUT2D eigenvalue weighted by molar-refractivity contribution is -0.136. The predicted octanol–water partition coefficient (Wildman–Crippen LogP) is 1.72. The molecular formula is C13H14N2O3. The first-order chi connectivity index (χ1) is 8.61. The quantitative estimate of drug-likeness (QED) is 0.892. The number of carbonyl (C=O) groups is 1. The Labute approximate surface area is 105 Å². The zero-order valence-corrected chi connectivity index (χ0v) is 10.3. The highest BCUT2D eigenvalue weighted by atomic mass is 16.5. The summed E-state index contributed by atoms with van der Waals surface area (Å²) >= 11 is 0. The standard InChI is InChI=1S/C13H14N2O3/c1-15-13(10(8-14-15)7-12(16)17)9-3-5-11(18-2)6-4-9/h3-6,8H,7H2,1-2H3,(H,16,17). The molecular weight excluding hydrogens is 232 g/mol. The molecule has 2 aromatic rings. The molecule has 94 valence electrons. The van der Waals surface area contributed by atoms with E-state index in [1.807, 2.05) is 24.3 Å². The molecule has 0 fully saturated rings. The van der Waals surface area contributed by atoms with Gasteiger partial charge in [-0.15, -0.1) is 0 Å². The second kappa shape index (κ2) is 4.91. The number of methoxy groups -OCH3 is 1. The maximum absolute atomic E-state index is 10.8. The molecule has 5 nitrogen and oxygen atoms in total. The van der Waals surface area contributed by atoms with Crippen LogP contribution in [0.5, 0.6) is 5.75 Å². The summed E-state index contributed by atoms with van der Waals surface area (Å²) in [5, 5.41) is 13.0. The van der Waals surface area contributed by atoms with E-state index in [1.165, 1.54) is 0 Å². The maximum Gasteiger partial charge on any atom is 0.307 e. The molecule has 0 saturated heterocycles. The van der Waals surface area contributed by atoms with Gasteiger partial charge in [0.25, 0.3) is 0 Å². The van der Waals surface area contributed by atoms with Crippen molar-refractivity contribution in [1.82, 2.24) is 9.78 Å². The molecule has 1 N–H and O–H groups in total. The number of carboxylic acid groups (broad SMARTS) is 1. The van der Waals surface area contributed by atoms with Crippen LogP contribution in [0.3, 0.4) is 0 Å². The van der Waals surface area contributed by atoms with Crippen molar-refractivity contribution in [1.29, 1.82) is 0 Å². The molecule has 1 heterocycles. The van der Waals surface area contributed by atoms with Crippen LogP contribution in [0.4, 0.5) is 0 Å². The monoisotopic (exact) mass is 246 g/mol. The van der Waals surface area contributed by atoms with E-state index in [0.29, 0.717) is 5.56 Å². The number of rotatable bonds is 4. The number of carboxylic acids is 1. The Bertz CT molecular complexity index is 558. The van der Waals surface area contributed by atoms with Crippen LogP contribution >= 0.6 is 0 Å². The fourth-order valence-corrected chi connectivity index (χ4v) is 1.90. The Morgan fingerprint density at radius 3 is 2.61 bits per heavy atom. The van der Waals surface area contributed by atoms with Crippen LogP contribution in [0.2, 0.25) is 0 Å². The molecule has 0 aliphatic rings. The number of hydrogen-bond acceptors (Lipinski definition) is 3. The first kappa shape index (κ1) is 12.2.